The number of carbonyl (C=O) groups is 1. The zero-order valence-corrected chi connectivity index (χ0v) is 12.6. The molecule has 0 aromatic heterocycles. The highest BCUT2D eigenvalue weighted by Gasteiger charge is 2.31. The normalized spacial score (nSPS) is 26.0. The van der Waals surface area contributed by atoms with E-state index in [0.29, 0.717) is 11.3 Å². The van der Waals surface area contributed by atoms with Crippen LogP contribution in [0.1, 0.15) is 38.7 Å². The molecule has 2 unspecified atom stereocenters. The summed E-state index contributed by atoms with van der Waals surface area (Å²) < 4.78 is 0. The van der Waals surface area contributed by atoms with Crippen LogP contribution in [0.2, 0.25) is 0 Å². The minimum Gasteiger partial charge on any atom is -0.320 e. The van der Waals surface area contributed by atoms with Crippen LogP contribution in [0, 0.1) is 10.1 Å². The number of hydrazone groups is 1. The van der Waals surface area contributed by atoms with Crippen molar-refractivity contribution >= 4 is 23.0 Å². The number of anilines is 1. The summed E-state index contributed by atoms with van der Waals surface area (Å²) in [6.45, 7) is 4.17. The Bertz CT molecular complexity index is 661. The molecule has 2 aliphatic heterocycles. The number of nitro benzene ring substituents is 1. The van der Waals surface area contributed by atoms with Crippen LogP contribution >= 0.6 is 0 Å². The number of carbonyl (C=O) groups excluding carboxylic acids is 1. The lowest BCUT2D eigenvalue weighted by Crippen LogP contribution is -2.41. The van der Waals surface area contributed by atoms with Gasteiger partial charge in [0, 0.05) is 29.8 Å². The molecule has 0 spiro atoms. The predicted octanol–water partition coefficient (Wildman–Crippen LogP) is 2.51. The van der Waals surface area contributed by atoms with Gasteiger partial charge in [-0.2, -0.15) is 5.10 Å². The molecule has 0 bridgehead atoms. The van der Waals surface area contributed by atoms with Crippen molar-refractivity contribution in [2.45, 2.75) is 45.2 Å². The zero-order valence-electron chi connectivity index (χ0n) is 12.6. The number of hydrogen-bond donors (Lipinski definition) is 1. The molecular weight excluding hydrogens is 284 g/mol. The molecule has 1 aromatic carbocycles. The molecule has 1 fully saturated rings. The molecule has 3 rings (SSSR count). The minimum atomic E-state index is -0.465. The molecule has 0 radical (unpaired) electrons. The number of benzene rings is 1. The molecule has 0 aliphatic carbocycles. The molecule has 1 saturated heterocycles. The maximum atomic E-state index is 12.2. The topological polar surface area (TPSA) is 87.8 Å². The molecule has 116 valence electrons. The smallest absolute Gasteiger partial charge is 0.276 e. The summed E-state index contributed by atoms with van der Waals surface area (Å²) in [5.74, 6) is -0.305. The van der Waals surface area contributed by atoms with Gasteiger partial charge in [0.1, 0.15) is 0 Å². The fourth-order valence-electron chi connectivity index (χ4n) is 3.07. The molecule has 2 atom stereocenters. The van der Waals surface area contributed by atoms with Gasteiger partial charge < -0.3 is 5.32 Å². The number of hydrogen-bond acceptors (Lipinski definition) is 5. The van der Waals surface area contributed by atoms with E-state index in [9.17, 15) is 14.9 Å². The Hall–Kier alpha value is -2.44. The summed E-state index contributed by atoms with van der Waals surface area (Å²) in [5.41, 5.74) is 1.30. The quantitative estimate of drug-likeness (QED) is 0.671. The first-order valence-electron chi connectivity index (χ1n) is 7.44. The predicted molar refractivity (Wildman–Crippen MR) is 82.9 cm³/mol. The van der Waals surface area contributed by atoms with E-state index in [0.717, 1.165) is 19.3 Å². The lowest BCUT2D eigenvalue weighted by Gasteiger charge is -2.36. The fourth-order valence-corrected chi connectivity index (χ4v) is 3.07. The largest absolute Gasteiger partial charge is 0.320 e. The SMILES string of the molecule is CC1CCCC(C)N1N=C1C(=O)Nc2ccc([N+](=O)[O-])cc21. The first-order valence-corrected chi connectivity index (χ1v) is 7.44. The zero-order chi connectivity index (χ0) is 15.9. The number of nitrogens with one attached hydrogen (secondary N) is 1. The maximum absolute atomic E-state index is 12.2. The highest BCUT2D eigenvalue weighted by Crippen LogP contribution is 2.30. The van der Waals surface area contributed by atoms with Gasteiger partial charge in [0.15, 0.2) is 5.71 Å². The molecule has 1 amide bonds. The van der Waals surface area contributed by atoms with Gasteiger partial charge in [-0.25, -0.2) is 0 Å². The molecule has 1 N–H and O–H groups in total. The number of non-ortho nitro benzene ring substituents is 1. The third kappa shape index (κ3) is 2.43. The molecule has 2 heterocycles. The minimum absolute atomic E-state index is 0.0392. The second-order valence-corrected chi connectivity index (χ2v) is 5.90. The maximum Gasteiger partial charge on any atom is 0.276 e. The first kappa shape index (κ1) is 14.5. The Morgan fingerprint density at radius 3 is 2.64 bits per heavy atom. The average Bonchev–Trinajstić information content (AvgIpc) is 2.78. The van der Waals surface area contributed by atoms with Gasteiger partial charge in [-0.05, 0) is 39.2 Å². The molecular formula is C15H18N4O3. The molecule has 7 heteroatoms. The third-order valence-electron chi connectivity index (χ3n) is 4.29. The van der Waals surface area contributed by atoms with E-state index >= 15 is 0 Å². The number of amides is 1. The molecule has 0 saturated carbocycles. The Labute approximate surface area is 128 Å². The Morgan fingerprint density at radius 2 is 2.00 bits per heavy atom. The van der Waals surface area contributed by atoms with Crippen LogP contribution in [0.3, 0.4) is 0 Å². The Kier molecular flexibility index (Phi) is 3.56. The molecule has 22 heavy (non-hydrogen) atoms. The average molecular weight is 302 g/mol. The summed E-state index contributed by atoms with van der Waals surface area (Å²) >= 11 is 0. The van der Waals surface area contributed by atoms with E-state index in [2.05, 4.69) is 24.3 Å². The van der Waals surface area contributed by atoms with Crippen LogP contribution in [-0.4, -0.2) is 33.6 Å². The highest BCUT2D eigenvalue weighted by atomic mass is 16.6. The van der Waals surface area contributed by atoms with Crippen molar-refractivity contribution in [1.29, 1.82) is 0 Å². The number of fused-ring (bicyclic) bond motifs is 1. The number of nitrogens with zero attached hydrogens (tertiary/aromatic N) is 3. The van der Waals surface area contributed by atoms with Crippen molar-refractivity contribution < 1.29 is 9.72 Å². The van der Waals surface area contributed by atoms with E-state index in [1.807, 2.05) is 5.01 Å². The first-order chi connectivity index (χ1) is 10.5. The lowest BCUT2D eigenvalue weighted by molar-refractivity contribution is -0.384. The van der Waals surface area contributed by atoms with Crippen molar-refractivity contribution in [3.63, 3.8) is 0 Å². The highest BCUT2D eigenvalue weighted by molar-refractivity contribution is 6.53. The van der Waals surface area contributed by atoms with Gasteiger partial charge >= 0.3 is 0 Å². The van der Waals surface area contributed by atoms with Crippen LogP contribution < -0.4 is 5.32 Å². The van der Waals surface area contributed by atoms with Crippen LogP contribution in [0.4, 0.5) is 11.4 Å². The molecule has 7 nitrogen and oxygen atoms in total. The van der Waals surface area contributed by atoms with E-state index in [4.69, 9.17) is 0 Å². The second kappa shape index (κ2) is 5.40. The van der Waals surface area contributed by atoms with Gasteiger partial charge in [0.05, 0.1) is 10.6 Å². The van der Waals surface area contributed by atoms with E-state index in [1.54, 1.807) is 6.07 Å². The summed E-state index contributed by atoms with van der Waals surface area (Å²) in [5, 5.41) is 20.1. The van der Waals surface area contributed by atoms with Gasteiger partial charge in [-0.1, -0.05) is 0 Å². The van der Waals surface area contributed by atoms with Crippen molar-refractivity contribution in [2.24, 2.45) is 5.10 Å². The van der Waals surface area contributed by atoms with Gasteiger partial charge in [0.25, 0.3) is 11.6 Å². The standard InChI is InChI=1S/C15H18N4O3/c1-9-4-3-5-10(2)18(9)17-14-12-8-11(19(21)22)6-7-13(12)16-15(14)20/h6-10H,3-5H2,1-2H3,(H,16,17,20). The fraction of sp³-hybridized carbons (Fsp3) is 0.467. The summed E-state index contributed by atoms with van der Waals surface area (Å²) in [6, 6.07) is 4.86. The monoisotopic (exact) mass is 302 g/mol. The lowest BCUT2D eigenvalue weighted by atomic mass is 10.00. The van der Waals surface area contributed by atoms with Gasteiger partial charge in [-0.15, -0.1) is 0 Å². The van der Waals surface area contributed by atoms with Crippen molar-refractivity contribution in [2.75, 3.05) is 5.32 Å². The van der Waals surface area contributed by atoms with E-state index < -0.39 is 4.92 Å². The van der Waals surface area contributed by atoms with Gasteiger partial charge in [0.2, 0.25) is 0 Å². The van der Waals surface area contributed by atoms with Crippen LogP contribution in [0.15, 0.2) is 23.3 Å². The van der Waals surface area contributed by atoms with Crippen molar-refractivity contribution in [3.05, 3.63) is 33.9 Å². The number of rotatable bonds is 2. The number of nitro groups is 1. The second-order valence-electron chi connectivity index (χ2n) is 5.90. The third-order valence-corrected chi connectivity index (χ3v) is 4.29. The number of piperidine rings is 1. The van der Waals surface area contributed by atoms with Crippen molar-refractivity contribution in [3.8, 4) is 0 Å². The Morgan fingerprint density at radius 1 is 1.32 bits per heavy atom. The van der Waals surface area contributed by atoms with Crippen LogP contribution in [0.5, 0.6) is 0 Å². The van der Waals surface area contributed by atoms with E-state index in [1.165, 1.54) is 12.1 Å². The molecule has 2 aliphatic rings. The summed E-state index contributed by atoms with van der Waals surface area (Å²) in [4.78, 5) is 22.6. The summed E-state index contributed by atoms with van der Waals surface area (Å²) in [7, 11) is 0. The van der Waals surface area contributed by atoms with Crippen LogP contribution in [-0.2, 0) is 4.79 Å². The van der Waals surface area contributed by atoms with Crippen LogP contribution in [0.25, 0.3) is 0 Å². The summed E-state index contributed by atoms with van der Waals surface area (Å²) in [6.07, 6.45) is 3.22. The molecule has 1 aromatic rings. The van der Waals surface area contributed by atoms with Crippen molar-refractivity contribution in [1.82, 2.24) is 5.01 Å². The Balaban J connectivity index is 2.01. The van der Waals surface area contributed by atoms with E-state index in [-0.39, 0.29) is 29.4 Å². The van der Waals surface area contributed by atoms with Gasteiger partial charge in [-0.3, -0.25) is 19.9 Å².